The summed E-state index contributed by atoms with van der Waals surface area (Å²) >= 11 is 0. The highest BCUT2D eigenvalue weighted by Gasteiger charge is 2.50. The van der Waals surface area contributed by atoms with Gasteiger partial charge in [-0.3, -0.25) is 9.69 Å². The smallest absolute Gasteiger partial charge is 0.324 e. The molecule has 3 atom stereocenters. The summed E-state index contributed by atoms with van der Waals surface area (Å²) in [6, 6.07) is 0.526. The molecule has 2 rings (SSSR count). The van der Waals surface area contributed by atoms with E-state index in [0.29, 0.717) is 6.04 Å². The number of carboxylic acid groups (broad SMARTS) is 1. The van der Waals surface area contributed by atoms with Gasteiger partial charge in [-0.25, -0.2) is 0 Å². The normalized spacial score (nSPS) is 38.7. The monoisotopic (exact) mass is 239 g/mol. The van der Waals surface area contributed by atoms with E-state index in [1.54, 1.807) is 0 Å². The van der Waals surface area contributed by atoms with Crippen molar-refractivity contribution in [3.05, 3.63) is 0 Å². The molecule has 1 heterocycles. The second-order valence-electron chi connectivity index (χ2n) is 5.65. The molecule has 1 N–H and O–H groups in total. The number of nitrogens with zero attached hydrogens (tertiary/aromatic N) is 1. The molecule has 3 heteroatoms. The molecule has 1 aliphatic heterocycles. The predicted octanol–water partition coefficient (Wildman–Crippen LogP) is 2.89. The summed E-state index contributed by atoms with van der Waals surface area (Å²) < 4.78 is 0. The molecular weight excluding hydrogens is 214 g/mol. The minimum atomic E-state index is -0.598. The maximum Gasteiger partial charge on any atom is 0.324 e. The lowest BCUT2D eigenvalue weighted by atomic mass is 9.89. The van der Waals surface area contributed by atoms with E-state index in [1.165, 1.54) is 25.7 Å². The van der Waals surface area contributed by atoms with Crippen LogP contribution in [0.3, 0.4) is 0 Å². The van der Waals surface area contributed by atoms with E-state index in [1.807, 2.05) is 6.92 Å². The quantitative estimate of drug-likeness (QED) is 0.820. The van der Waals surface area contributed by atoms with Crippen LogP contribution in [0.1, 0.15) is 58.8 Å². The van der Waals surface area contributed by atoms with Crippen LogP contribution in [-0.2, 0) is 4.79 Å². The molecule has 1 saturated heterocycles. The van der Waals surface area contributed by atoms with Crippen LogP contribution < -0.4 is 0 Å². The van der Waals surface area contributed by atoms with Crippen LogP contribution in [0.4, 0.5) is 0 Å². The first kappa shape index (κ1) is 12.9. The summed E-state index contributed by atoms with van der Waals surface area (Å²) in [5.41, 5.74) is -0.553. The van der Waals surface area contributed by atoms with Crippen molar-refractivity contribution in [2.75, 3.05) is 6.54 Å². The maximum atomic E-state index is 11.7. The molecule has 1 aliphatic carbocycles. The van der Waals surface area contributed by atoms with Crippen molar-refractivity contribution in [3.8, 4) is 0 Å². The minimum absolute atomic E-state index is 0.526. The second kappa shape index (κ2) is 4.97. The van der Waals surface area contributed by atoms with E-state index in [9.17, 15) is 9.90 Å². The third kappa shape index (κ3) is 1.99. The zero-order valence-corrected chi connectivity index (χ0v) is 11.1. The third-order valence-electron chi connectivity index (χ3n) is 5.07. The van der Waals surface area contributed by atoms with Crippen LogP contribution in [0.25, 0.3) is 0 Å². The summed E-state index contributed by atoms with van der Waals surface area (Å²) in [5.74, 6) is 0.123. The molecule has 0 spiro atoms. The van der Waals surface area contributed by atoms with Crippen molar-refractivity contribution in [2.45, 2.75) is 70.4 Å². The molecule has 0 aromatic carbocycles. The predicted molar refractivity (Wildman–Crippen MR) is 68.0 cm³/mol. The molecule has 0 radical (unpaired) electrons. The standard InChI is InChI=1S/C14H25NO2/c1-3-11-7-5-8-12(11)15-10-6-9-14(15,4-2)13(16)17/h11-12H,3-10H2,1-2H3,(H,16,17). The molecular formula is C14H25NO2. The molecule has 17 heavy (non-hydrogen) atoms. The van der Waals surface area contributed by atoms with E-state index in [2.05, 4.69) is 11.8 Å². The Bertz CT molecular complexity index is 292. The fourth-order valence-electron chi connectivity index (χ4n) is 4.05. The minimum Gasteiger partial charge on any atom is -0.480 e. The van der Waals surface area contributed by atoms with E-state index < -0.39 is 11.5 Å². The second-order valence-corrected chi connectivity index (χ2v) is 5.65. The zero-order valence-electron chi connectivity index (χ0n) is 11.1. The molecule has 2 aliphatic rings. The number of rotatable bonds is 4. The molecule has 0 aromatic rings. The summed E-state index contributed by atoms with van der Waals surface area (Å²) in [6.07, 6.45) is 7.60. The van der Waals surface area contributed by atoms with Gasteiger partial charge in [0.1, 0.15) is 5.54 Å². The van der Waals surface area contributed by atoms with Gasteiger partial charge in [0, 0.05) is 6.04 Å². The highest BCUT2D eigenvalue weighted by Crippen LogP contribution is 2.42. The van der Waals surface area contributed by atoms with Gasteiger partial charge in [-0.05, 0) is 44.6 Å². The van der Waals surface area contributed by atoms with Gasteiger partial charge in [0.15, 0.2) is 0 Å². The summed E-state index contributed by atoms with van der Waals surface area (Å²) in [7, 11) is 0. The Morgan fingerprint density at radius 3 is 2.71 bits per heavy atom. The van der Waals surface area contributed by atoms with Crippen LogP contribution in [0, 0.1) is 5.92 Å². The van der Waals surface area contributed by atoms with Gasteiger partial charge in [-0.15, -0.1) is 0 Å². The summed E-state index contributed by atoms with van der Waals surface area (Å²) in [6.45, 7) is 5.26. The van der Waals surface area contributed by atoms with Crippen LogP contribution in [0.15, 0.2) is 0 Å². The average molecular weight is 239 g/mol. The Hall–Kier alpha value is -0.570. The topological polar surface area (TPSA) is 40.5 Å². The highest BCUT2D eigenvalue weighted by molar-refractivity contribution is 5.79. The first-order valence-electron chi connectivity index (χ1n) is 7.16. The largest absolute Gasteiger partial charge is 0.480 e. The lowest BCUT2D eigenvalue weighted by molar-refractivity contribution is -0.152. The Kier molecular flexibility index (Phi) is 3.76. The van der Waals surface area contributed by atoms with Crippen molar-refractivity contribution < 1.29 is 9.90 Å². The highest BCUT2D eigenvalue weighted by atomic mass is 16.4. The Morgan fingerprint density at radius 1 is 1.35 bits per heavy atom. The first-order chi connectivity index (χ1) is 8.15. The maximum absolute atomic E-state index is 11.7. The van der Waals surface area contributed by atoms with Crippen molar-refractivity contribution in [1.29, 1.82) is 0 Å². The molecule has 0 amide bonds. The lowest BCUT2D eigenvalue weighted by Gasteiger charge is -2.40. The number of aliphatic carboxylic acids is 1. The molecule has 3 unspecified atom stereocenters. The molecule has 3 nitrogen and oxygen atoms in total. The fraction of sp³-hybridized carbons (Fsp3) is 0.929. The van der Waals surface area contributed by atoms with E-state index >= 15 is 0 Å². The Labute approximate surface area is 104 Å². The molecule has 1 saturated carbocycles. The van der Waals surface area contributed by atoms with E-state index in [4.69, 9.17) is 0 Å². The van der Waals surface area contributed by atoms with Gasteiger partial charge >= 0.3 is 5.97 Å². The van der Waals surface area contributed by atoms with Gasteiger partial charge in [0.25, 0.3) is 0 Å². The third-order valence-corrected chi connectivity index (χ3v) is 5.07. The average Bonchev–Trinajstić information content (AvgIpc) is 2.94. The van der Waals surface area contributed by atoms with Crippen LogP contribution in [0.5, 0.6) is 0 Å². The van der Waals surface area contributed by atoms with Gasteiger partial charge < -0.3 is 5.11 Å². The Balaban J connectivity index is 2.21. The van der Waals surface area contributed by atoms with Crippen LogP contribution >= 0.6 is 0 Å². The van der Waals surface area contributed by atoms with E-state index in [-0.39, 0.29) is 0 Å². The lowest BCUT2D eigenvalue weighted by Crippen LogP contribution is -2.55. The van der Waals surface area contributed by atoms with Gasteiger partial charge in [-0.2, -0.15) is 0 Å². The van der Waals surface area contributed by atoms with Crippen molar-refractivity contribution in [1.82, 2.24) is 4.90 Å². The number of hydrogen-bond acceptors (Lipinski definition) is 2. The number of carbonyl (C=O) groups is 1. The molecule has 2 fully saturated rings. The number of hydrogen-bond donors (Lipinski definition) is 1. The van der Waals surface area contributed by atoms with Crippen LogP contribution in [-0.4, -0.2) is 34.1 Å². The number of carboxylic acids is 1. The zero-order chi connectivity index (χ0) is 12.5. The SMILES string of the molecule is CCC1CCCC1N1CCCC1(CC)C(=O)O. The van der Waals surface area contributed by atoms with Crippen molar-refractivity contribution in [3.63, 3.8) is 0 Å². The summed E-state index contributed by atoms with van der Waals surface area (Å²) in [4.78, 5) is 14.0. The molecule has 0 aromatic heterocycles. The summed E-state index contributed by atoms with van der Waals surface area (Å²) in [5, 5.41) is 9.61. The molecule has 98 valence electrons. The van der Waals surface area contributed by atoms with Crippen molar-refractivity contribution in [2.24, 2.45) is 5.92 Å². The molecule has 0 bridgehead atoms. The van der Waals surface area contributed by atoms with E-state index in [0.717, 1.165) is 31.7 Å². The van der Waals surface area contributed by atoms with Crippen LogP contribution in [0.2, 0.25) is 0 Å². The number of likely N-dealkylation sites (tertiary alicyclic amines) is 1. The van der Waals surface area contributed by atoms with Gasteiger partial charge in [0.2, 0.25) is 0 Å². The van der Waals surface area contributed by atoms with Gasteiger partial charge in [-0.1, -0.05) is 26.7 Å². The first-order valence-corrected chi connectivity index (χ1v) is 7.16. The Morgan fingerprint density at radius 2 is 2.12 bits per heavy atom. The van der Waals surface area contributed by atoms with Crippen molar-refractivity contribution >= 4 is 5.97 Å². The fourth-order valence-corrected chi connectivity index (χ4v) is 4.05. The van der Waals surface area contributed by atoms with Gasteiger partial charge in [0.05, 0.1) is 0 Å².